The van der Waals surface area contributed by atoms with Crippen LogP contribution in [0.2, 0.25) is 0 Å². The third kappa shape index (κ3) is 3.70. The number of nitrogens with one attached hydrogen (secondary N) is 1. The van der Waals surface area contributed by atoms with Gasteiger partial charge >= 0.3 is 0 Å². The van der Waals surface area contributed by atoms with Gasteiger partial charge in [-0.15, -0.1) is 0 Å². The van der Waals surface area contributed by atoms with Crippen molar-refractivity contribution in [3.05, 3.63) is 35.9 Å². The van der Waals surface area contributed by atoms with Gasteiger partial charge in [0.2, 0.25) is 0 Å². The second-order valence-corrected chi connectivity index (χ2v) is 4.48. The highest BCUT2D eigenvalue weighted by molar-refractivity contribution is 5.94. The lowest BCUT2D eigenvalue weighted by molar-refractivity contribution is 0.0955. The van der Waals surface area contributed by atoms with Crippen LogP contribution in [0.25, 0.3) is 0 Å². The predicted molar refractivity (Wildman–Crippen MR) is 69.0 cm³/mol. The van der Waals surface area contributed by atoms with Crippen LogP contribution in [-0.4, -0.2) is 12.1 Å². The summed E-state index contributed by atoms with van der Waals surface area (Å²) in [5, 5.41) is 4.05. The molecule has 1 amide bonds. The van der Waals surface area contributed by atoms with E-state index in [2.05, 4.69) is 10.5 Å². The van der Waals surface area contributed by atoms with E-state index < -0.39 is 0 Å². The molecular weight excluding hydrogens is 212 g/mol. The maximum atomic E-state index is 11.7. The Morgan fingerprint density at radius 3 is 2.59 bits per heavy atom. The summed E-state index contributed by atoms with van der Waals surface area (Å²) in [6, 6.07) is 9.15. The molecule has 3 nitrogen and oxygen atoms in total. The number of hydrogen-bond acceptors (Lipinski definition) is 2. The molecule has 1 aromatic carbocycles. The Labute approximate surface area is 102 Å². The minimum atomic E-state index is -0.141. The molecule has 90 valence electrons. The molecule has 1 aliphatic carbocycles. The minimum Gasteiger partial charge on any atom is -0.267 e. The number of rotatable bonds is 3. The first-order chi connectivity index (χ1) is 8.36. The van der Waals surface area contributed by atoms with Crippen molar-refractivity contribution in [3.63, 3.8) is 0 Å². The zero-order chi connectivity index (χ0) is 11.9. The zero-order valence-corrected chi connectivity index (χ0v) is 9.93. The van der Waals surface area contributed by atoms with Crippen LogP contribution in [0.3, 0.4) is 0 Å². The van der Waals surface area contributed by atoms with Gasteiger partial charge in [-0.25, -0.2) is 5.43 Å². The quantitative estimate of drug-likeness (QED) is 0.629. The van der Waals surface area contributed by atoms with Crippen LogP contribution in [0.4, 0.5) is 0 Å². The summed E-state index contributed by atoms with van der Waals surface area (Å²) < 4.78 is 0. The van der Waals surface area contributed by atoms with Crippen LogP contribution in [0, 0.1) is 5.92 Å². The molecular formula is C14H18N2O. The van der Waals surface area contributed by atoms with Crippen molar-refractivity contribution < 1.29 is 4.79 Å². The van der Waals surface area contributed by atoms with Crippen molar-refractivity contribution in [1.29, 1.82) is 0 Å². The van der Waals surface area contributed by atoms with Crippen molar-refractivity contribution in [2.75, 3.05) is 0 Å². The van der Waals surface area contributed by atoms with Crippen LogP contribution in [0.5, 0.6) is 0 Å². The Hall–Kier alpha value is -1.64. The molecule has 1 aromatic rings. The normalized spacial score (nSPS) is 17.2. The van der Waals surface area contributed by atoms with E-state index in [1.807, 2.05) is 24.4 Å². The van der Waals surface area contributed by atoms with Crippen molar-refractivity contribution in [3.8, 4) is 0 Å². The number of hydrogen-bond donors (Lipinski definition) is 1. The van der Waals surface area contributed by atoms with E-state index in [0.717, 1.165) is 0 Å². The molecule has 1 aliphatic rings. The summed E-state index contributed by atoms with van der Waals surface area (Å²) in [6.07, 6.45) is 8.18. The number of hydrazone groups is 1. The second kappa shape index (κ2) is 6.18. The number of carbonyl (C=O) groups is 1. The zero-order valence-electron chi connectivity index (χ0n) is 9.93. The number of carbonyl (C=O) groups excluding carboxylic acids is 1. The van der Waals surface area contributed by atoms with Crippen LogP contribution in [0.1, 0.15) is 42.5 Å². The molecule has 0 spiro atoms. The second-order valence-electron chi connectivity index (χ2n) is 4.48. The average molecular weight is 230 g/mol. The van der Waals surface area contributed by atoms with Gasteiger partial charge in [0, 0.05) is 11.8 Å². The molecule has 3 heteroatoms. The van der Waals surface area contributed by atoms with E-state index in [-0.39, 0.29) is 5.91 Å². The fourth-order valence-electron chi connectivity index (χ4n) is 2.14. The van der Waals surface area contributed by atoms with Crippen molar-refractivity contribution in [1.82, 2.24) is 5.43 Å². The summed E-state index contributed by atoms with van der Waals surface area (Å²) in [4.78, 5) is 11.7. The molecule has 1 saturated carbocycles. The topological polar surface area (TPSA) is 41.5 Å². The number of amides is 1. The van der Waals surface area contributed by atoms with Crippen LogP contribution >= 0.6 is 0 Å². The van der Waals surface area contributed by atoms with E-state index in [1.54, 1.807) is 12.1 Å². The smallest absolute Gasteiger partial charge is 0.267 e. The third-order valence-corrected chi connectivity index (χ3v) is 3.14. The molecule has 0 aromatic heterocycles. The molecule has 17 heavy (non-hydrogen) atoms. The first-order valence-corrected chi connectivity index (χ1v) is 6.25. The van der Waals surface area contributed by atoms with E-state index in [4.69, 9.17) is 0 Å². The Bertz CT molecular complexity index is 380. The third-order valence-electron chi connectivity index (χ3n) is 3.14. The SMILES string of the molecule is O=C(N/N=C\C1CCCCC1)c1ccccc1. The Morgan fingerprint density at radius 2 is 1.88 bits per heavy atom. The van der Waals surface area contributed by atoms with Crippen LogP contribution < -0.4 is 5.43 Å². The van der Waals surface area contributed by atoms with Crippen LogP contribution in [0.15, 0.2) is 35.4 Å². The molecule has 0 aliphatic heterocycles. The molecule has 0 saturated heterocycles. The van der Waals surface area contributed by atoms with E-state index in [0.29, 0.717) is 11.5 Å². The Morgan fingerprint density at radius 1 is 1.18 bits per heavy atom. The summed E-state index contributed by atoms with van der Waals surface area (Å²) in [7, 11) is 0. The highest BCUT2D eigenvalue weighted by Crippen LogP contribution is 2.21. The molecule has 1 fully saturated rings. The molecule has 0 bridgehead atoms. The number of benzene rings is 1. The highest BCUT2D eigenvalue weighted by atomic mass is 16.2. The maximum Gasteiger partial charge on any atom is 0.271 e. The summed E-state index contributed by atoms with van der Waals surface area (Å²) in [6.45, 7) is 0. The monoisotopic (exact) mass is 230 g/mol. The first kappa shape index (κ1) is 11.8. The van der Waals surface area contributed by atoms with Crippen molar-refractivity contribution >= 4 is 12.1 Å². The Kier molecular flexibility index (Phi) is 4.30. The molecule has 0 heterocycles. The van der Waals surface area contributed by atoms with E-state index in [1.165, 1.54) is 32.1 Å². The summed E-state index contributed by atoms with van der Waals surface area (Å²) in [5.74, 6) is 0.400. The fraction of sp³-hybridized carbons (Fsp3) is 0.429. The molecule has 1 N–H and O–H groups in total. The summed E-state index contributed by atoms with van der Waals surface area (Å²) in [5.41, 5.74) is 3.22. The van der Waals surface area contributed by atoms with Crippen molar-refractivity contribution in [2.45, 2.75) is 32.1 Å². The van der Waals surface area contributed by atoms with Gasteiger partial charge in [-0.2, -0.15) is 5.10 Å². The van der Waals surface area contributed by atoms with Crippen molar-refractivity contribution in [2.24, 2.45) is 11.0 Å². The predicted octanol–water partition coefficient (Wildman–Crippen LogP) is 2.98. The lowest BCUT2D eigenvalue weighted by atomic mass is 9.90. The van der Waals surface area contributed by atoms with E-state index in [9.17, 15) is 4.79 Å². The van der Waals surface area contributed by atoms with Crippen LogP contribution in [-0.2, 0) is 0 Å². The van der Waals surface area contributed by atoms with Gasteiger partial charge in [0.15, 0.2) is 0 Å². The van der Waals surface area contributed by atoms with Gasteiger partial charge < -0.3 is 0 Å². The molecule has 0 unspecified atom stereocenters. The molecule has 2 rings (SSSR count). The van der Waals surface area contributed by atoms with Gasteiger partial charge in [-0.05, 0) is 30.9 Å². The van der Waals surface area contributed by atoms with Gasteiger partial charge in [0.1, 0.15) is 0 Å². The first-order valence-electron chi connectivity index (χ1n) is 6.25. The molecule has 0 atom stereocenters. The summed E-state index contributed by atoms with van der Waals surface area (Å²) >= 11 is 0. The average Bonchev–Trinajstić information content (AvgIpc) is 2.41. The van der Waals surface area contributed by atoms with Gasteiger partial charge in [-0.1, -0.05) is 37.5 Å². The van der Waals surface area contributed by atoms with Gasteiger partial charge in [0.05, 0.1) is 0 Å². The largest absolute Gasteiger partial charge is 0.271 e. The lowest BCUT2D eigenvalue weighted by Crippen LogP contribution is -2.19. The fourth-order valence-corrected chi connectivity index (χ4v) is 2.14. The minimum absolute atomic E-state index is 0.141. The van der Waals surface area contributed by atoms with E-state index >= 15 is 0 Å². The van der Waals surface area contributed by atoms with Gasteiger partial charge in [0.25, 0.3) is 5.91 Å². The van der Waals surface area contributed by atoms with Gasteiger partial charge in [-0.3, -0.25) is 4.79 Å². The highest BCUT2D eigenvalue weighted by Gasteiger charge is 2.10. The Balaban J connectivity index is 1.81. The standard InChI is InChI=1S/C14H18N2O/c17-14(13-9-5-2-6-10-13)16-15-11-12-7-3-1-4-8-12/h2,5-6,9-12H,1,3-4,7-8H2,(H,16,17)/b15-11-. The number of nitrogens with zero attached hydrogens (tertiary/aromatic N) is 1. The maximum absolute atomic E-state index is 11.7. The molecule has 0 radical (unpaired) electrons. The lowest BCUT2D eigenvalue weighted by Gasteiger charge is -2.16.